The van der Waals surface area contributed by atoms with Crippen molar-refractivity contribution in [2.24, 2.45) is 0 Å². The second kappa shape index (κ2) is 8.94. The first kappa shape index (κ1) is 21.1. The number of rotatable bonds is 7. The number of anilines is 1. The Hall–Kier alpha value is -3.12. The Kier molecular flexibility index (Phi) is 6.09. The number of benzene rings is 3. The van der Waals surface area contributed by atoms with Gasteiger partial charge in [-0.25, -0.2) is 8.42 Å². The predicted octanol–water partition coefficient (Wildman–Crippen LogP) is 4.11. The van der Waals surface area contributed by atoms with E-state index in [9.17, 15) is 13.2 Å². The van der Waals surface area contributed by atoms with Crippen molar-refractivity contribution in [1.29, 1.82) is 0 Å². The average molecular weight is 435 g/mol. The number of sulfonamides is 1. The molecule has 4 rings (SSSR count). The minimum atomic E-state index is -3.31. The Labute approximate surface area is 183 Å². The van der Waals surface area contributed by atoms with Gasteiger partial charge in [0.05, 0.1) is 18.0 Å². The van der Waals surface area contributed by atoms with Crippen LogP contribution in [0.3, 0.4) is 0 Å². The van der Waals surface area contributed by atoms with Crippen LogP contribution < -0.4 is 9.62 Å². The Morgan fingerprint density at radius 2 is 1.68 bits per heavy atom. The van der Waals surface area contributed by atoms with Crippen LogP contribution in [0.2, 0.25) is 0 Å². The molecule has 0 saturated heterocycles. The summed E-state index contributed by atoms with van der Waals surface area (Å²) in [7, 11) is -3.31. The van der Waals surface area contributed by atoms with Gasteiger partial charge in [0.2, 0.25) is 10.0 Å². The second-order valence-electron chi connectivity index (χ2n) is 7.89. The molecule has 6 heteroatoms. The van der Waals surface area contributed by atoms with E-state index in [2.05, 4.69) is 17.4 Å². The fourth-order valence-electron chi connectivity index (χ4n) is 4.06. The normalized spacial score (nSPS) is 14.2. The maximum Gasteiger partial charge on any atom is 0.251 e. The van der Waals surface area contributed by atoms with Crippen LogP contribution in [0.5, 0.6) is 0 Å². The molecule has 3 aromatic rings. The summed E-state index contributed by atoms with van der Waals surface area (Å²) < 4.78 is 25.3. The van der Waals surface area contributed by atoms with Crippen molar-refractivity contribution in [2.45, 2.75) is 25.3 Å². The van der Waals surface area contributed by atoms with Crippen molar-refractivity contribution in [1.82, 2.24) is 5.32 Å². The van der Waals surface area contributed by atoms with Gasteiger partial charge in [0.15, 0.2) is 0 Å². The van der Waals surface area contributed by atoms with Crippen LogP contribution in [0.15, 0.2) is 78.9 Å². The molecule has 0 aliphatic carbocycles. The lowest BCUT2D eigenvalue weighted by molar-refractivity contribution is 0.0934. The fraction of sp³-hybridized carbons (Fsp3) is 0.240. The van der Waals surface area contributed by atoms with E-state index in [1.807, 2.05) is 54.6 Å². The molecule has 1 atom stereocenters. The maximum absolute atomic E-state index is 13.1. The number of fused-ring (bicyclic) bond motifs is 1. The first-order chi connectivity index (χ1) is 14.9. The Morgan fingerprint density at radius 3 is 2.35 bits per heavy atom. The lowest BCUT2D eigenvalue weighted by Crippen LogP contribution is -2.29. The van der Waals surface area contributed by atoms with E-state index in [1.54, 1.807) is 12.1 Å². The highest BCUT2D eigenvalue weighted by Crippen LogP contribution is 2.31. The molecular weight excluding hydrogens is 408 g/mol. The summed E-state index contributed by atoms with van der Waals surface area (Å²) in [5, 5.41) is 3.18. The SMILES string of the molecule is CS(=O)(=O)N1CCc2cc(C(=O)NC(CCc3ccccc3)c3ccccc3)ccc21. The van der Waals surface area contributed by atoms with Crippen LogP contribution in [0.1, 0.15) is 39.5 Å². The average Bonchev–Trinajstić information content (AvgIpc) is 3.21. The standard InChI is InChI=1S/C25H26N2O3S/c1-31(29,30)27-17-16-21-18-22(13-15-24(21)27)25(28)26-23(20-10-6-3-7-11-20)14-12-19-8-4-2-5-9-19/h2-11,13,15,18,23H,12,14,16-17H2,1H3,(H,26,28). The summed E-state index contributed by atoms with van der Waals surface area (Å²) in [5.74, 6) is -0.150. The van der Waals surface area contributed by atoms with Crippen LogP contribution >= 0.6 is 0 Å². The Balaban J connectivity index is 1.52. The fourth-order valence-corrected chi connectivity index (χ4v) is 5.02. The maximum atomic E-state index is 13.1. The van der Waals surface area contributed by atoms with E-state index in [0.717, 1.165) is 24.0 Å². The third-order valence-corrected chi connectivity index (χ3v) is 6.85. The molecule has 0 aromatic heterocycles. The van der Waals surface area contributed by atoms with Crippen molar-refractivity contribution in [2.75, 3.05) is 17.1 Å². The zero-order valence-electron chi connectivity index (χ0n) is 17.5. The van der Waals surface area contributed by atoms with E-state index in [0.29, 0.717) is 24.2 Å². The molecule has 1 heterocycles. The summed E-state index contributed by atoms with van der Waals surface area (Å²) in [6.45, 7) is 0.420. The highest BCUT2D eigenvalue weighted by atomic mass is 32.2. The molecule has 31 heavy (non-hydrogen) atoms. The molecule has 0 fully saturated rings. The molecule has 1 amide bonds. The molecular formula is C25H26N2O3S. The summed E-state index contributed by atoms with van der Waals surface area (Å²) in [6.07, 6.45) is 3.46. The number of hydrogen-bond donors (Lipinski definition) is 1. The molecule has 0 spiro atoms. The van der Waals surface area contributed by atoms with E-state index in [1.165, 1.54) is 16.1 Å². The molecule has 0 saturated carbocycles. The largest absolute Gasteiger partial charge is 0.345 e. The molecule has 1 aliphatic heterocycles. The van der Waals surface area contributed by atoms with Gasteiger partial charge < -0.3 is 5.32 Å². The number of aryl methyl sites for hydroxylation is 1. The number of amides is 1. The van der Waals surface area contributed by atoms with Gasteiger partial charge >= 0.3 is 0 Å². The van der Waals surface area contributed by atoms with Crippen molar-refractivity contribution < 1.29 is 13.2 Å². The quantitative estimate of drug-likeness (QED) is 0.609. The van der Waals surface area contributed by atoms with E-state index in [-0.39, 0.29) is 11.9 Å². The third-order valence-electron chi connectivity index (χ3n) is 5.67. The number of carbonyl (C=O) groups excluding carboxylic acids is 1. The molecule has 5 nitrogen and oxygen atoms in total. The van der Waals surface area contributed by atoms with E-state index >= 15 is 0 Å². The Bertz CT molecular complexity index is 1160. The van der Waals surface area contributed by atoms with E-state index < -0.39 is 10.0 Å². The van der Waals surface area contributed by atoms with Crippen molar-refractivity contribution >= 4 is 21.6 Å². The van der Waals surface area contributed by atoms with Gasteiger partial charge in [-0.2, -0.15) is 0 Å². The van der Waals surface area contributed by atoms with Crippen LogP contribution in [-0.2, 0) is 22.9 Å². The third kappa shape index (κ3) is 4.97. The summed E-state index contributed by atoms with van der Waals surface area (Å²) in [6, 6.07) is 25.4. The molecule has 1 unspecified atom stereocenters. The Morgan fingerprint density at radius 1 is 1.00 bits per heavy atom. The monoisotopic (exact) mass is 434 g/mol. The van der Waals surface area contributed by atoms with Gasteiger partial charge in [-0.05, 0) is 54.2 Å². The molecule has 160 valence electrons. The minimum absolute atomic E-state index is 0.116. The van der Waals surface area contributed by atoms with Crippen molar-refractivity contribution in [3.05, 3.63) is 101 Å². The second-order valence-corrected chi connectivity index (χ2v) is 9.80. The van der Waals surface area contributed by atoms with Gasteiger partial charge in [-0.3, -0.25) is 9.10 Å². The lowest BCUT2D eigenvalue weighted by Gasteiger charge is -2.20. The lowest BCUT2D eigenvalue weighted by atomic mass is 9.98. The van der Waals surface area contributed by atoms with Gasteiger partial charge in [-0.15, -0.1) is 0 Å². The highest BCUT2D eigenvalue weighted by Gasteiger charge is 2.27. The topological polar surface area (TPSA) is 66.5 Å². The highest BCUT2D eigenvalue weighted by molar-refractivity contribution is 7.92. The molecule has 0 radical (unpaired) electrons. The van der Waals surface area contributed by atoms with Crippen LogP contribution in [0, 0.1) is 0 Å². The van der Waals surface area contributed by atoms with Crippen LogP contribution in [-0.4, -0.2) is 27.1 Å². The number of nitrogens with zero attached hydrogens (tertiary/aromatic N) is 1. The van der Waals surface area contributed by atoms with Crippen molar-refractivity contribution in [3.8, 4) is 0 Å². The van der Waals surface area contributed by atoms with Gasteiger partial charge in [0.1, 0.15) is 0 Å². The zero-order valence-corrected chi connectivity index (χ0v) is 18.3. The first-order valence-electron chi connectivity index (χ1n) is 10.4. The molecule has 1 aliphatic rings. The number of nitrogens with one attached hydrogen (secondary N) is 1. The first-order valence-corrected chi connectivity index (χ1v) is 12.3. The molecule has 0 bridgehead atoms. The molecule has 1 N–H and O–H groups in total. The molecule has 3 aromatic carbocycles. The van der Waals surface area contributed by atoms with Gasteiger partial charge in [0.25, 0.3) is 5.91 Å². The summed E-state index contributed by atoms with van der Waals surface area (Å²) >= 11 is 0. The minimum Gasteiger partial charge on any atom is -0.345 e. The summed E-state index contributed by atoms with van der Waals surface area (Å²) in [4.78, 5) is 13.1. The van der Waals surface area contributed by atoms with Crippen molar-refractivity contribution in [3.63, 3.8) is 0 Å². The smallest absolute Gasteiger partial charge is 0.251 e. The van der Waals surface area contributed by atoms with E-state index in [4.69, 9.17) is 0 Å². The number of hydrogen-bond acceptors (Lipinski definition) is 3. The zero-order chi connectivity index (χ0) is 21.8. The van der Waals surface area contributed by atoms with Crippen LogP contribution in [0.4, 0.5) is 5.69 Å². The summed E-state index contributed by atoms with van der Waals surface area (Å²) in [5.41, 5.74) is 4.41. The van der Waals surface area contributed by atoms with Crippen LogP contribution in [0.25, 0.3) is 0 Å². The van der Waals surface area contributed by atoms with Gasteiger partial charge in [-0.1, -0.05) is 60.7 Å². The number of carbonyl (C=O) groups is 1. The van der Waals surface area contributed by atoms with Gasteiger partial charge in [0, 0.05) is 12.1 Å². The predicted molar refractivity (Wildman–Crippen MR) is 124 cm³/mol.